The molecule has 1 heterocycles. The number of hydrogen-bond acceptors (Lipinski definition) is 3. The highest BCUT2D eigenvalue weighted by Gasteiger charge is 2.17. The monoisotopic (exact) mass is 340 g/mol. The molecular weight excluding hydrogens is 320 g/mol. The topological polar surface area (TPSA) is 42.2 Å². The Morgan fingerprint density at radius 3 is 2.73 bits per heavy atom. The standard InChI is InChI=1S/C22H20N4/c1-2-17-6-7-18-8-11-21(20(3-1)22(17)18)25-24-14-16-4-9-19(10-5-16)26-13-12-23-15-26/h1-5,9-10,12-15,25H,6-8,11H2/b24-14+. The Morgan fingerprint density at radius 1 is 1.00 bits per heavy atom. The molecule has 0 aliphatic heterocycles. The number of nitrogens with zero attached hydrogens (tertiary/aromatic N) is 3. The van der Waals surface area contributed by atoms with E-state index in [1.54, 1.807) is 18.1 Å². The molecule has 0 bridgehead atoms. The predicted octanol–water partition coefficient (Wildman–Crippen LogP) is 2.49. The zero-order chi connectivity index (χ0) is 17.3. The number of benzene rings is 2. The van der Waals surface area contributed by atoms with Crippen molar-refractivity contribution in [1.82, 2.24) is 15.0 Å². The van der Waals surface area contributed by atoms with Gasteiger partial charge in [0, 0.05) is 29.0 Å². The van der Waals surface area contributed by atoms with Crippen LogP contribution < -0.4 is 15.9 Å². The maximum absolute atomic E-state index is 4.49. The first-order valence-electron chi connectivity index (χ1n) is 9.09. The van der Waals surface area contributed by atoms with Crippen LogP contribution in [0.3, 0.4) is 0 Å². The van der Waals surface area contributed by atoms with Gasteiger partial charge < -0.3 is 4.57 Å². The summed E-state index contributed by atoms with van der Waals surface area (Å²) in [5.74, 6) is 0. The zero-order valence-corrected chi connectivity index (χ0v) is 14.5. The Labute approximate surface area is 152 Å². The van der Waals surface area contributed by atoms with Gasteiger partial charge in [0.15, 0.2) is 0 Å². The quantitative estimate of drug-likeness (QED) is 0.586. The number of imidazole rings is 1. The lowest BCUT2D eigenvalue weighted by molar-refractivity contribution is 0.878. The molecule has 26 heavy (non-hydrogen) atoms. The van der Waals surface area contributed by atoms with Crippen LogP contribution in [0.15, 0.2) is 66.3 Å². The predicted molar refractivity (Wildman–Crippen MR) is 104 cm³/mol. The summed E-state index contributed by atoms with van der Waals surface area (Å²) in [6.07, 6.45) is 12.0. The van der Waals surface area contributed by atoms with Gasteiger partial charge in [0.2, 0.25) is 0 Å². The fourth-order valence-electron chi connectivity index (χ4n) is 3.99. The lowest BCUT2D eigenvalue weighted by Gasteiger charge is -2.13. The Bertz CT molecular complexity index is 1090. The van der Waals surface area contributed by atoms with Gasteiger partial charge >= 0.3 is 0 Å². The van der Waals surface area contributed by atoms with E-state index in [2.05, 4.69) is 58.0 Å². The number of hydrazone groups is 1. The molecule has 2 aliphatic rings. The van der Waals surface area contributed by atoms with Crippen molar-refractivity contribution in [1.29, 1.82) is 0 Å². The lowest BCUT2D eigenvalue weighted by Crippen LogP contribution is -2.35. The van der Waals surface area contributed by atoms with Crippen molar-refractivity contribution in [2.24, 2.45) is 5.10 Å². The fourth-order valence-corrected chi connectivity index (χ4v) is 3.99. The van der Waals surface area contributed by atoms with Crippen LogP contribution >= 0.6 is 0 Å². The third kappa shape index (κ3) is 2.64. The van der Waals surface area contributed by atoms with Gasteiger partial charge in [-0.3, -0.25) is 5.43 Å². The van der Waals surface area contributed by atoms with Gasteiger partial charge in [-0.1, -0.05) is 35.9 Å². The van der Waals surface area contributed by atoms with Crippen molar-refractivity contribution in [3.63, 3.8) is 0 Å². The van der Waals surface area contributed by atoms with Crippen molar-refractivity contribution >= 4 is 17.5 Å². The molecular formula is C22H20N4. The van der Waals surface area contributed by atoms with Crippen molar-refractivity contribution in [2.45, 2.75) is 25.7 Å². The second kappa shape index (κ2) is 6.30. The lowest BCUT2D eigenvalue weighted by atomic mass is 9.99. The summed E-state index contributed by atoms with van der Waals surface area (Å²) >= 11 is 0. The SMILES string of the molecule is C(=N\NC1=c2cccc3c2=C(CC1)CC3)/c1ccc(-n2ccnc2)cc1. The highest BCUT2D eigenvalue weighted by molar-refractivity contribution is 5.80. The Morgan fingerprint density at radius 2 is 1.88 bits per heavy atom. The van der Waals surface area contributed by atoms with Gasteiger partial charge in [0.25, 0.3) is 0 Å². The van der Waals surface area contributed by atoms with Gasteiger partial charge in [-0.2, -0.15) is 5.10 Å². The van der Waals surface area contributed by atoms with E-state index in [0.29, 0.717) is 0 Å². The first kappa shape index (κ1) is 15.1. The minimum absolute atomic E-state index is 1.04. The molecule has 2 aromatic carbocycles. The molecule has 0 fully saturated rings. The molecule has 0 spiro atoms. The summed E-state index contributed by atoms with van der Waals surface area (Å²) in [6, 6.07) is 14.9. The van der Waals surface area contributed by atoms with Crippen molar-refractivity contribution < 1.29 is 0 Å². The minimum atomic E-state index is 1.04. The average Bonchev–Trinajstić information content (AvgIpc) is 3.36. The largest absolute Gasteiger partial charge is 0.306 e. The molecule has 0 atom stereocenters. The summed E-state index contributed by atoms with van der Waals surface area (Å²) in [5.41, 5.74) is 9.82. The molecule has 0 saturated carbocycles. The van der Waals surface area contributed by atoms with Crippen LogP contribution in [0.1, 0.15) is 30.4 Å². The van der Waals surface area contributed by atoms with Crippen molar-refractivity contribution in [3.8, 4) is 5.69 Å². The molecule has 3 aromatic rings. The van der Waals surface area contributed by atoms with E-state index >= 15 is 0 Å². The van der Waals surface area contributed by atoms with Crippen LogP contribution in [-0.2, 0) is 6.42 Å². The smallest absolute Gasteiger partial charge is 0.0991 e. The number of hydrogen-bond donors (Lipinski definition) is 1. The van der Waals surface area contributed by atoms with Gasteiger partial charge in [-0.05, 0) is 54.2 Å². The second-order valence-corrected chi connectivity index (χ2v) is 6.85. The highest BCUT2D eigenvalue weighted by Crippen LogP contribution is 2.22. The number of aromatic nitrogens is 2. The first-order chi connectivity index (χ1) is 12.9. The van der Waals surface area contributed by atoms with Crippen LogP contribution in [0, 0.1) is 0 Å². The minimum Gasteiger partial charge on any atom is -0.306 e. The third-order valence-electron chi connectivity index (χ3n) is 5.31. The highest BCUT2D eigenvalue weighted by atomic mass is 15.3. The van der Waals surface area contributed by atoms with Crippen LogP contribution in [0.2, 0.25) is 0 Å². The van der Waals surface area contributed by atoms with E-state index in [1.165, 1.54) is 34.5 Å². The van der Waals surface area contributed by atoms with E-state index in [9.17, 15) is 0 Å². The van der Waals surface area contributed by atoms with Crippen LogP contribution in [-0.4, -0.2) is 15.8 Å². The third-order valence-corrected chi connectivity index (χ3v) is 5.31. The molecule has 0 saturated heterocycles. The molecule has 4 heteroatoms. The maximum Gasteiger partial charge on any atom is 0.0991 e. The van der Waals surface area contributed by atoms with E-state index in [0.717, 1.165) is 24.1 Å². The van der Waals surface area contributed by atoms with E-state index in [-0.39, 0.29) is 0 Å². The molecule has 5 rings (SSSR count). The molecule has 1 aromatic heterocycles. The molecule has 0 radical (unpaired) electrons. The molecule has 2 aliphatic carbocycles. The Hall–Kier alpha value is -3.14. The van der Waals surface area contributed by atoms with Gasteiger partial charge in [-0.25, -0.2) is 4.98 Å². The van der Waals surface area contributed by atoms with E-state index in [4.69, 9.17) is 0 Å². The average molecular weight is 340 g/mol. The van der Waals surface area contributed by atoms with Crippen LogP contribution in [0.25, 0.3) is 17.0 Å². The summed E-state index contributed by atoms with van der Waals surface area (Å²) in [4.78, 5) is 4.08. The van der Waals surface area contributed by atoms with Gasteiger partial charge in [-0.15, -0.1) is 0 Å². The summed E-state index contributed by atoms with van der Waals surface area (Å²) in [6.45, 7) is 0. The molecule has 1 N–H and O–H groups in total. The summed E-state index contributed by atoms with van der Waals surface area (Å²) < 4.78 is 1.99. The van der Waals surface area contributed by atoms with E-state index < -0.39 is 0 Å². The number of aryl methyl sites for hydroxylation is 1. The Balaban J connectivity index is 1.38. The molecule has 0 amide bonds. The zero-order valence-electron chi connectivity index (χ0n) is 14.5. The molecule has 0 unspecified atom stereocenters. The summed E-state index contributed by atoms with van der Waals surface area (Å²) in [7, 11) is 0. The van der Waals surface area contributed by atoms with E-state index in [1.807, 2.05) is 17.0 Å². The molecule has 4 nitrogen and oxygen atoms in total. The Kier molecular flexibility index (Phi) is 3.67. The second-order valence-electron chi connectivity index (χ2n) is 6.85. The van der Waals surface area contributed by atoms with Gasteiger partial charge in [0.05, 0.1) is 12.5 Å². The number of rotatable bonds is 4. The summed E-state index contributed by atoms with van der Waals surface area (Å²) in [5, 5.41) is 7.32. The number of nitrogens with one attached hydrogen (secondary N) is 1. The maximum atomic E-state index is 4.49. The molecule has 128 valence electrons. The van der Waals surface area contributed by atoms with Crippen LogP contribution in [0.4, 0.5) is 0 Å². The normalized spacial score (nSPS) is 15.5. The van der Waals surface area contributed by atoms with Crippen LogP contribution in [0.5, 0.6) is 0 Å². The van der Waals surface area contributed by atoms with Gasteiger partial charge in [0.1, 0.15) is 0 Å². The van der Waals surface area contributed by atoms with Crippen molar-refractivity contribution in [2.75, 3.05) is 0 Å². The first-order valence-corrected chi connectivity index (χ1v) is 9.09. The fraction of sp³-hybridized carbons (Fsp3) is 0.182. The van der Waals surface area contributed by atoms with Crippen molar-refractivity contribution in [3.05, 3.63) is 82.7 Å².